The van der Waals surface area contributed by atoms with Crippen molar-refractivity contribution in [2.45, 2.75) is 52.0 Å². The maximum atomic E-state index is 12.7. The Morgan fingerprint density at radius 1 is 1.19 bits per heavy atom. The minimum atomic E-state index is -0.727. The van der Waals surface area contributed by atoms with E-state index < -0.39 is 11.3 Å². The molecule has 0 unspecified atom stereocenters. The van der Waals surface area contributed by atoms with Gasteiger partial charge in [0.05, 0.1) is 12.6 Å². The standard InChI is InChI=1S/C21H27NO4/c1-20(2,3)26-19(23)22-16(14-25-21(22,4)5)13-24-18-12-8-10-15-9-6-7-11-17(15)18/h6-12,16H,13-14H2,1-5H3/t16-/m1/s1. The van der Waals surface area contributed by atoms with E-state index in [1.165, 1.54) is 0 Å². The normalized spacial score (nSPS) is 19.6. The fraction of sp³-hybridized carbons (Fsp3) is 0.476. The maximum Gasteiger partial charge on any atom is 0.413 e. The van der Waals surface area contributed by atoms with Crippen LogP contribution in [0.25, 0.3) is 10.8 Å². The van der Waals surface area contributed by atoms with Crippen molar-refractivity contribution in [3.05, 3.63) is 42.5 Å². The van der Waals surface area contributed by atoms with Crippen molar-refractivity contribution in [3.63, 3.8) is 0 Å². The van der Waals surface area contributed by atoms with Crippen molar-refractivity contribution in [3.8, 4) is 5.75 Å². The van der Waals surface area contributed by atoms with Gasteiger partial charge in [0.15, 0.2) is 0 Å². The van der Waals surface area contributed by atoms with E-state index in [2.05, 4.69) is 12.1 Å². The molecule has 1 heterocycles. The first-order chi connectivity index (χ1) is 12.2. The van der Waals surface area contributed by atoms with Crippen LogP contribution in [-0.4, -0.2) is 41.6 Å². The van der Waals surface area contributed by atoms with E-state index >= 15 is 0 Å². The zero-order valence-corrected chi connectivity index (χ0v) is 16.1. The van der Waals surface area contributed by atoms with Crippen LogP contribution < -0.4 is 4.74 Å². The Hall–Kier alpha value is -2.27. The molecule has 3 rings (SSSR count). The number of carbonyl (C=O) groups is 1. The second-order valence-electron chi connectivity index (χ2n) is 8.05. The number of rotatable bonds is 3. The lowest BCUT2D eigenvalue weighted by atomic mass is 10.1. The molecule has 1 amide bonds. The summed E-state index contributed by atoms with van der Waals surface area (Å²) >= 11 is 0. The average molecular weight is 357 g/mol. The highest BCUT2D eigenvalue weighted by Gasteiger charge is 2.46. The van der Waals surface area contributed by atoms with Crippen LogP contribution in [0.4, 0.5) is 4.79 Å². The SMILES string of the molecule is CC(C)(C)OC(=O)N1[C@H](COc2cccc3ccccc23)COC1(C)C. The van der Waals surface area contributed by atoms with Gasteiger partial charge in [-0.15, -0.1) is 0 Å². The van der Waals surface area contributed by atoms with Crippen LogP contribution >= 0.6 is 0 Å². The van der Waals surface area contributed by atoms with Crippen LogP contribution in [0.2, 0.25) is 0 Å². The molecule has 1 aliphatic heterocycles. The molecule has 2 aromatic rings. The lowest BCUT2D eigenvalue weighted by Crippen LogP contribution is -2.51. The number of nitrogens with zero attached hydrogens (tertiary/aromatic N) is 1. The molecule has 5 heteroatoms. The summed E-state index contributed by atoms with van der Waals surface area (Å²) in [5.74, 6) is 0.803. The van der Waals surface area contributed by atoms with Crippen molar-refractivity contribution in [2.75, 3.05) is 13.2 Å². The van der Waals surface area contributed by atoms with Gasteiger partial charge in [0, 0.05) is 5.39 Å². The predicted molar refractivity (Wildman–Crippen MR) is 101 cm³/mol. The maximum absolute atomic E-state index is 12.7. The van der Waals surface area contributed by atoms with Gasteiger partial charge in [-0.3, -0.25) is 4.90 Å². The number of benzene rings is 2. The van der Waals surface area contributed by atoms with E-state index in [0.717, 1.165) is 16.5 Å². The van der Waals surface area contributed by atoms with E-state index in [-0.39, 0.29) is 12.1 Å². The number of hydrogen-bond acceptors (Lipinski definition) is 4. The molecule has 0 aliphatic carbocycles. The predicted octanol–water partition coefficient (Wildman–Crippen LogP) is 4.59. The summed E-state index contributed by atoms with van der Waals surface area (Å²) in [6.45, 7) is 10.1. The largest absolute Gasteiger partial charge is 0.491 e. The molecule has 1 saturated heterocycles. The minimum Gasteiger partial charge on any atom is -0.491 e. The van der Waals surface area contributed by atoms with Crippen molar-refractivity contribution in [1.82, 2.24) is 4.90 Å². The van der Waals surface area contributed by atoms with Gasteiger partial charge in [0.2, 0.25) is 0 Å². The molecule has 2 aromatic carbocycles. The van der Waals surface area contributed by atoms with Crippen molar-refractivity contribution in [2.24, 2.45) is 0 Å². The molecule has 0 saturated carbocycles. The summed E-state index contributed by atoms with van der Waals surface area (Å²) < 4.78 is 17.5. The van der Waals surface area contributed by atoms with E-state index in [4.69, 9.17) is 14.2 Å². The van der Waals surface area contributed by atoms with E-state index in [1.807, 2.05) is 65.0 Å². The Morgan fingerprint density at radius 2 is 1.88 bits per heavy atom. The molecule has 5 nitrogen and oxygen atoms in total. The smallest absolute Gasteiger partial charge is 0.413 e. The molecule has 26 heavy (non-hydrogen) atoms. The quantitative estimate of drug-likeness (QED) is 0.806. The van der Waals surface area contributed by atoms with Gasteiger partial charge in [0.25, 0.3) is 0 Å². The van der Waals surface area contributed by atoms with Crippen LogP contribution in [-0.2, 0) is 9.47 Å². The molecular formula is C21H27NO4. The Labute approximate surface area is 154 Å². The van der Waals surface area contributed by atoms with Crippen LogP contribution in [0.1, 0.15) is 34.6 Å². The summed E-state index contributed by atoms with van der Waals surface area (Å²) in [5, 5.41) is 2.17. The molecule has 1 aliphatic rings. The van der Waals surface area contributed by atoms with E-state index in [0.29, 0.717) is 13.2 Å². The number of ether oxygens (including phenoxy) is 3. The number of hydrogen-bond donors (Lipinski definition) is 0. The Kier molecular flexibility index (Phi) is 4.84. The van der Waals surface area contributed by atoms with Crippen molar-refractivity contribution >= 4 is 16.9 Å². The fourth-order valence-corrected chi connectivity index (χ4v) is 3.19. The van der Waals surface area contributed by atoms with Gasteiger partial charge in [-0.25, -0.2) is 4.79 Å². The van der Waals surface area contributed by atoms with Gasteiger partial charge in [-0.2, -0.15) is 0 Å². The zero-order chi connectivity index (χ0) is 18.9. The summed E-state index contributed by atoms with van der Waals surface area (Å²) in [4.78, 5) is 14.3. The van der Waals surface area contributed by atoms with Gasteiger partial charge in [-0.1, -0.05) is 36.4 Å². The van der Waals surface area contributed by atoms with Gasteiger partial charge >= 0.3 is 6.09 Å². The topological polar surface area (TPSA) is 48.0 Å². The summed E-state index contributed by atoms with van der Waals surface area (Å²) in [5.41, 5.74) is -1.29. The minimum absolute atomic E-state index is 0.209. The molecule has 0 radical (unpaired) electrons. The molecule has 1 atom stereocenters. The number of amides is 1. The molecule has 0 N–H and O–H groups in total. The van der Waals surface area contributed by atoms with Crippen LogP contribution in [0.15, 0.2) is 42.5 Å². The second kappa shape index (κ2) is 6.80. The van der Waals surface area contributed by atoms with Gasteiger partial charge in [0.1, 0.15) is 23.7 Å². The third-order valence-electron chi connectivity index (χ3n) is 4.35. The van der Waals surface area contributed by atoms with Gasteiger partial charge in [-0.05, 0) is 46.1 Å². The molecule has 0 bridgehead atoms. The first-order valence-corrected chi connectivity index (χ1v) is 8.94. The summed E-state index contributed by atoms with van der Waals surface area (Å²) in [6.07, 6.45) is -0.383. The molecule has 0 spiro atoms. The molecule has 1 fully saturated rings. The van der Waals surface area contributed by atoms with Crippen LogP contribution in [0.3, 0.4) is 0 Å². The first-order valence-electron chi connectivity index (χ1n) is 8.94. The van der Waals surface area contributed by atoms with Gasteiger partial charge < -0.3 is 14.2 Å². The second-order valence-corrected chi connectivity index (χ2v) is 8.05. The van der Waals surface area contributed by atoms with E-state index in [9.17, 15) is 4.79 Å². The molecule has 0 aromatic heterocycles. The van der Waals surface area contributed by atoms with E-state index in [1.54, 1.807) is 4.90 Å². The highest BCUT2D eigenvalue weighted by Crippen LogP contribution is 2.31. The zero-order valence-electron chi connectivity index (χ0n) is 16.1. The van der Waals surface area contributed by atoms with Crippen molar-refractivity contribution in [1.29, 1.82) is 0 Å². The summed E-state index contributed by atoms with van der Waals surface area (Å²) in [7, 11) is 0. The Balaban J connectivity index is 1.76. The Bertz CT molecular complexity index is 789. The van der Waals surface area contributed by atoms with Crippen LogP contribution in [0.5, 0.6) is 5.75 Å². The van der Waals surface area contributed by atoms with Crippen LogP contribution in [0, 0.1) is 0 Å². The fourth-order valence-electron chi connectivity index (χ4n) is 3.19. The first kappa shape index (κ1) is 18.5. The highest BCUT2D eigenvalue weighted by atomic mass is 16.6. The molecular weight excluding hydrogens is 330 g/mol. The van der Waals surface area contributed by atoms with Crippen molar-refractivity contribution < 1.29 is 19.0 Å². The monoisotopic (exact) mass is 357 g/mol. The third-order valence-corrected chi connectivity index (χ3v) is 4.35. The number of carbonyl (C=O) groups excluding carboxylic acids is 1. The molecule has 140 valence electrons. The lowest BCUT2D eigenvalue weighted by Gasteiger charge is -2.35. The lowest BCUT2D eigenvalue weighted by molar-refractivity contribution is -0.0637. The summed E-state index contributed by atoms with van der Waals surface area (Å²) in [6, 6.07) is 13.8. The average Bonchev–Trinajstić information content (AvgIpc) is 2.86. The Morgan fingerprint density at radius 3 is 2.62 bits per heavy atom. The highest BCUT2D eigenvalue weighted by molar-refractivity contribution is 5.88. The number of fused-ring (bicyclic) bond motifs is 1. The third kappa shape index (κ3) is 3.93.